The molecular weight excluding hydrogens is 370 g/mol. The maximum atomic E-state index is 12.5. The fraction of sp³-hybridized carbons (Fsp3) is 0.524. The van der Waals surface area contributed by atoms with Crippen LogP contribution in [-0.4, -0.2) is 76.2 Å². The Kier molecular flexibility index (Phi) is 6.01. The van der Waals surface area contributed by atoms with Gasteiger partial charge in [0.15, 0.2) is 0 Å². The molecule has 1 amide bonds. The average molecular weight is 397 g/mol. The van der Waals surface area contributed by atoms with Crippen LogP contribution in [0.2, 0.25) is 0 Å². The van der Waals surface area contributed by atoms with Crippen LogP contribution in [0.1, 0.15) is 12.8 Å². The Hall–Kier alpha value is -2.58. The molecule has 2 fully saturated rings. The molecule has 0 aromatic carbocycles. The Bertz CT molecular complexity index is 893. The van der Waals surface area contributed by atoms with Crippen LogP contribution in [-0.2, 0) is 16.1 Å². The number of nitrogens with zero attached hydrogens (tertiary/aromatic N) is 5. The SMILES string of the molecule is CN1CC(CN2CCC(Cn3cnc(-c4ccncc4)cc3=O)CC2)OCC1=O. The van der Waals surface area contributed by atoms with Gasteiger partial charge in [0.1, 0.15) is 6.61 Å². The average Bonchev–Trinajstić information content (AvgIpc) is 2.74. The van der Waals surface area contributed by atoms with Crippen molar-refractivity contribution in [3.63, 3.8) is 0 Å². The molecule has 0 saturated carbocycles. The Balaban J connectivity index is 1.29. The lowest BCUT2D eigenvalue weighted by Gasteiger charge is -2.37. The van der Waals surface area contributed by atoms with E-state index < -0.39 is 0 Å². The normalized spacial score (nSPS) is 21.5. The van der Waals surface area contributed by atoms with Gasteiger partial charge in [-0.3, -0.25) is 19.1 Å². The molecule has 2 aromatic rings. The molecule has 4 rings (SSSR count). The summed E-state index contributed by atoms with van der Waals surface area (Å²) in [6.07, 6.45) is 7.23. The quantitative estimate of drug-likeness (QED) is 0.745. The van der Waals surface area contributed by atoms with Crippen LogP contribution >= 0.6 is 0 Å². The highest BCUT2D eigenvalue weighted by Crippen LogP contribution is 2.20. The lowest BCUT2D eigenvalue weighted by molar-refractivity contribution is -0.148. The van der Waals surface area contributed by atoms with Crippen LogP contribution in [0.15, 0.2) is 41.7 Å². The lowest BCUT2D eigenvalue weighted by atomic mass is 9.96. The van der Waals surface area contributed by atoms with Crippen LogP contribution < -0.4 is 5.56 Å². The van der Waals surface area contributed by atoms with Gasteiger partial charge in [0.25, 0.3) is 5.56 Å². The Labute approximate surface area is 170 Å². The van der Waals surface area contributed by atoms with E-state index >= 15 is 0 Å². The van der Waals surface area contributed by atoms with Gasteiger partial charge in [-0.1, -0.05) is 0 Å². The second kappa shape index (κ2) is 8.84. The first-order chi connectivity index (χ1) is 14.1. The van der Waals surface area contributed by atoms with Crippen molar-refractivity contribution in [3.05, 3.63) is 47.3 Å². The Morgan fingerprint density at radius 1 is 1.14 bits per heavy atom. The van der Waals surface area contributed by atoms with Gasteiger partial charge in [-0.2, -0.15) is 0 Å². The van der Waals surface area contributed by atoms with Crippen molar-refractivity contribution in [3.8, 4) is 11.3 Å². The fourth-order valence-electron chi connectivity index (χ4n) is 4.03. The monoisotopic (exact) mass is 397 g/mol. The minimum Gasteiger partial charge on any atom is -0.365 e. The van der Waals surface area contributed by atoms with Crippen LogP contribution in [0, 0.1) is 5.92 Å². The molecule has 0 spiro atoms. The zero-order valence-corrected chi connectivity index (χ0v) is 16.7. The molecule has 0 bridgehead atoms. The summed E-state index contributed by atoms with van der Waals surface area (Å²) in [5.74, 6) is 0.517. The highest BCUT2D eigenvalue weighted by atomic mass is 16.5. The van der Waals surface area contributed by atoms with Crippen molar-refractivity contribution in [2.75, 3.05) is 39.8 Å². The number of hydrogen-bond acceptors (Lipinski definition) is 6. The summed E-state index contributed by atoms with van der Waals surface area (Å²) in [4.78, 5) is 36.7. The maximum absolute atomic E-state index is 12.5. The number of amides is 1. The number of carbonyl (C=O) groups is 1. The number of likely N-dealkylation sites (tertiary alicyclic amines) is 1. The van der Waals surface area contributed by atoms with E-state index in [4.69, 9.17) is 4.74 Å². The highest BCUT2D eigenvalue weighted by Gasteiger charge is 2.27. The van der Waals surface area contributed by atoms with E-state index in [1.54, 1.807) is 34.3 Å². The predicted molar refractivity (Wildman–Crippen MR) is 108 cm³/mol. The summed E-state index contributed by atoms with van der Waals surface area (Å²) < 4.78 is 7.38. The summed E-state index contributed by atoms with van der Waals surface area (Å²) in [7, 11) is 1.83. The van der Waals surface area contributed by atoms with Crippen molar-refractivity contribution >= 4 is 5.91 Å². The molecule has 0 aliphatic carbocycles. The van der Waals surface area contributed by atoms with Gasteiger partial charge in [0.2, 0.25) is 5.91 Å². The lowest BCUT2D eigenvalue weighted by Crippen LogP contribution is -2.50. The number of piperidine rings is 1. The first-order valence-electron chi connectivity index (χ1n) is 10.1. The van der Waals surface area contributed by atoms with Crippen LogP contribution in [0.4, 0.5) is 0 Å². The third-order valence-corrected chi connectivity index (χ3v) is 5.83. The molecule has 8 nitrogen and oxygen atoms in total. The molecule has 154 valence electrons. The largest absolute Gasteiger partial charge is 0.365 e. The second-order valence-corrected chi connectivity index (χ2v) is 7.95. The number of aromatic nitrogens is 3. The first kappa shape index (κ1) is 19.7. The number of morpholine rings is 1. The predicted octanol–water partition coefficient (Wildman–Crippen LogP) is 0.874. The number of pyridine rings is 1. The number of ether oxygens (including phenoxy) is 1. The topological polar surface area (TPSA) is 80.6 Å². The minimum atomic E-state index is -0.0162. The summed E-state index contributed by atoms with van der Waals surface area (Å²) >= 11 is 0. The van der Waals surface area contributed by atoms with Gasteiger partial charge in [-0.15, -0.1) is 0 Å². The molecule has 1 unspecified atom stereocenters. The van der Waals surface area contributed by atoms with E-state index in [0.717, 1.165) is 38.0 Å². The van der Waals surface area contributed by atoms with E-state index in [9.17, 15) is 9.59 Å². The summed E-state index contributed by atoms with van der Waals surface area (Å²) in [6.45, 7) is 4.37. The Morgan fingerprint density at radius 3 is 2.59 bits per heavy atom. The first-order valence-corrected chi connectivity index (χ1v) is 10.1. The third kappa shape index (κ3) is 4.89. The van der Waals surface area contributed by atoms with Crippen LogP contribution in [0.5, 0.6) is 0 Å². The number of hydrogen-bond donors (Lipinski definition) is 0. The molecule has 0 N–H and O–H groups in total. The number of rotatable bonds is 5. The molecule has 2 aliphatic rings. The molecule has 2 aromatic heterocycles. The molecular formula is C21H27N5O3. The van der Waals surface area contributed by atoms with Gasteiger partial charge in [0.05, 0.1) is 18.1 Å². The second-order valence-electron chi connectivity index (χ2n) is 7.95. The van der Waals surface area contributed by atoms with Crippen molar-refractivity contribution in [2.45, 2.75) is 25.5 Å². The highest BCUT2D eigenvalue weighted by molar-refractivity contribution is 5.77. The molecule has 1 atom stereocenters. The van der Waals surface area contributed by atoms with Crippen molar-refractivity contribution < 1.29 is 9.53 Å². The van der Waals surface area contributed by atoms with Crippen molar-refractivity contribution in [1.82, 2.24) is 24.3 Å². The number of likely N-dealkylation sites (N-methyl/N-ethyl adjacent to an activating group) is 1. The zero-order valence-electron chi connectivity index (χ0n) is 16.7. The van der Waals surface area contributed by atoms with E-state index in [1.165, 1.54) is 0 Å². The van der Waals surface area contributed by atoms with Crippen LogP contribution in [0.25, 0.3) is 11.3 Å². The van der Waals surface area contributed by atoms with Crippen molar-refractivity contribution in [2.24, 2.45) is 5.92 Å². The molecule has 8 heteroatoms. The maximum Gasteiger partial charge on any atom is 0.253 e. The van der Waals surface area contributed by atoms with E-state index in [2.05, 4.69) is 14.9 Å². The third-order valence-electron chi connectivity index (χ3n) is 5.83. The smallest absolute Gasteiger partial charge is 0.253 e. The van der Waals surface area contributed by atoms with E-state index in [1.807, 2.05) is 19.2 Å². The minimum absolute atomic E-state index is 0.0162. The summed E-state index contributed by atoms with van der Waals surface area (Å²) in [5, 5.41) is 0. The summed E-state index contributed by atoms with van der Waals surface area (Å²) in [5.41, 5.74) is 1.56. The molecule has 2 aliphatic heterocycles. The van der Waals surface area contributed by atoms with Crippen LogP contribution in [0.3, 0.4) is 0 Å². The molecule has 0 radical (unpaired) electrons. The van der Waals surface area contributed by atoms with Gasteiger partial charge in [-0.05, 0) is 44.0 Å². The van der Waals surface area contributed by atoms with Gasteiger partial charge < -0.3 is 14.5 Å². The fourth-order valence-corrected chi connectivity index (χ4v) is 4.03. The standard InChI is InChI=1S/C21H27N5O3/c1-24-12-18(29-14-21(24)28)13-25-8-4-16(5-9-25)11-26-15-23-19(10-20(26)27)17-2-6-22-7-3-17/h2-3,6-7,10,15-16,18H,4-5,8-9,11-14H2,1H3. The number of carbonyl (C=O) groups excluding carboxylic acids is 1. The zero-order chi connectivity index (χ0) is 20.2. The van der Waals surface area contributed by atoms with Gasteiger partial charge in [-0.25, -0.2) is 4.98 Å². The molecule has 2 saturated heterocycles. The van der Waals surface area contributed by atoms with Gasteiger partial charge >= 0.3 is 0 Å². The van der Waals surface area contributed by atoms with Gasteiger partial charge in [0, 0.05) is 50.7 Å². The van der Waals surface area contributed by atoms with E-state index in [-0.39, 0.29) is 24.2 Å². The Morgan fingerprint density at radius 2 is 1.90 bits per heavy atom. The molecule has 29 heavy (non-hydrogen) atoms. The summed E-state index contributed by atoms with van der Waals surface area (Å²) in [6, 6.07) is 5.31. The molecule has 4 heterocycles. The van der Waals surface area contributed by atoms with Crippen molar-refractivity contribution in [1.29, 1.82) is 0 Å². The van der Waals surface area contributed by atoms with E-state index in [0.29, 0.717) is 24.7 Å².